The predicted octanol–water partition coefficient (Wildman–Crippen LogP) is 4.20. The van der Waals surface area contributed by atoms with Crippen molar-refractivity contribution in [2.75, 3.05) is 7.11 Å². The molecule has 0 bridgehead atoms. The molecule has 3 nitrogen and oxygen atoms in total. The van der Waals surface area contributed by atoms with Crippen LogP contribution in [0.3, 0.4) is 0 Å². The van der Waals surface area contributed by atoms with Crippen molar-refractivity contribution < 1.29 is 14.6 Å². The van der Waals surface area contributed by atoms with E-state index < -0.39 is 5.97 Å². The van der Waals surface area contributed by atoms with Crippen molar-refractivity contribution in [3.05, 3.63) is 28.2 Å². The highest BCUT2D eigenvalue weighted by atomic mass is 79.9. The lowest BCUT2D eigenvalue weighted by atomic mass is 9.97. The zero-order valence-electron chi connectivity index (χ0n) is 10.8. The molecule has 0 aromatic heterocycles. The van der Waals surface area contributed by atoms with Gasteiger partial charge in [0, 0.05) is 21.7 Å². The number of methoxy groups -OCH3 is 1. The molecule has 0 heterocycles. The summed E-state index contributed by atoms with van der Waals surface area (Å²) in [6, 6.07) is 5.52. The Bertz CT molecular complexity index is 464. The fourth-order valence-corrected chi connectivity index (χ4v) is 4.09. The molecule has 0 saturated heterocycles. The van der Waals surface area contributed by atoms with Crippen LogP contribution < -0.4 is 0 Å². The molecule has 1 N–H and O–H groups in total. The highest BCUT2D eigenvalue weighted by Gasteiger charge is 2.23. The first-order valence-corrected chi connectivity index (χ1v) is 7.99. The maximum absolute atomic E-state index is 11.1. The third-order valence-electron chi connectivity index (χ3n) is 3.38. The van der Waals surface area contributed by atoms with Crippen molar-refractivity contribution in [1.29, 1.82) is 0 Å². The Labute approximate surface area is 125 Å². The van der Waals surface area contributed by atoms with Gasteiger partial charge in [0.25, 0.3) is 0 Å². The van der Waals surface area contributed by atoms with Crippen molar-refractivity contribution in [2.24, 2.45) is 0 Å². The second-order valence-electron chi connectivity index (χ2n) is 4.71. The molecule has 0 spiro atoms. The molecule has 1 saturated carbocycles. The number of thioether (sulfide) groups is 1. The number of hydrogen-bond acceptors (Lipinski definition) is 3. The summed E-state index contributed by atoms with van der Waals surface area (Å²) >= 11 is 5.03. The number of carboxylic acids is 1. The topological polar surface area (TPSA) is 46.5 Å². The van der Waals surface area contributed by atoms with Crippen LogP contribution in [0.1, 0.15) is 36.0 Å². The molecule has 1 aromatic carbocycles. The maximum Gasteiger partial charge on any atom is 0.336 e. The van der Waals surface area contributed by atoms with Gasteiger partial charge in [-0.25, -0.2) is 4.79 Å². The summed E-state index contributed by atoms with van der Waals surface area (Å²) in [5, 5.41) is 9.63. The van der Waals surface area contributed by atoms with Gasteiger partial charge in [-0.1, -0.05) is 0 Å². The molecule has 2 atom stereocenters. The summed E-state index contributed by atoms with van der Waals surface area (Å²) in [6.07, 6.45) is 4.87. The van der Waals surface area contributed by atoms with Crippen molar-refractivity contribution >= 4 is 33.7 Å². The van der Waals surface area contributed by atoms with Gasteiger partial charge in [0.2, 0.25) is 0 Å². The smallest absolute Gasteiger partial charge is 0.336 e. The fraction of sp³-hybridized carbons (Fsp3) is 0.500. The highest BCUT2D eigenvalue weighted by molar-refractivity contribution is 9.10. The van der Waals surface area contributed by atoms with Crippen LogP contribution in [-0.2, 0) is 4.74 Å². The van der Waals surface area contributed by atoms with Crippen molar-refractivity contribution in [3.8, 4) is 0 Å². The Kier molecular flexibility index (Phi) is 5.30. The van der Waals surface area contributed by atoms with Crippen LogP contribution >= 0.6 is 27.7 Å². The first-order valence-electron chi connectivity index (χ1n) is 6.32. The van der Waals surface area contributed by atoms with Crippen molar-refractivity contribution in [2.45, 2.75) is 41.9 Å². The minimum absolute atomic E-state index is 0.323. The monoisotopic (exact) mass is 344 g/mol. The highest BCUT2D eigenvalue weighted by Crippen LogP contribution is 2.35. The zero-order chi connectivity index (χ0) is 13.8. The van der Waals surface area contributed by atoms with Crippen LogP contribution in [0.2, 0.25) is 0 Å². The number of carbonyl (C=O) groups is 1. The molecule has 2 unspecified atom stereocenters. The summed E-state index contributed by atoms with van der Waals surface area (Å²) in [6.45, 7) is 0. The van der Waals surface area contributed by atoms with Gasteiger partial charge in [0.1, 0.15) is 0 Å². The van der Waals surface area contributed by atoms with Crippen LogP contribution in [0.5, 0.6) is 0 Å². The number of halogens is 1. The van der Waals surface area contributed by atoms with Crippen molar-refractivity contribution in [1.82, 2.24) is 0 Å². The second kappa shape index (κ2) is 6.77. The Balaban J connectivity index is 2.06. The number of benzene rings is 1. The molecule has 5 heteroatoms. The molecular weight excluding hydrogens is 328 g/mol. The molecule has 0 amide bonds. The largest absolute Gasteiger partial charge is 0.478 e. The summed E-state index contributed by atoms with van der Waals surface area (Å²) in [5.41, 5.74) is 0.323. The Hall–Kier alpha value is -0.520. The molecule has 1 aliphatic rings. The number of carboxylic acid groups (broad SMARTS) is 1. The van der Waals surface area contributed by atoms with E-state index in [9.17, 15) is 4.79 Å². The first kappa shape index (κ1) is 14.9. The van der Waals surface area contributed by atoms with Crippen LogP contribution in [0.25, 0.3) is 0 Å². The van der Waals surface area contributed by atoms with Gasteiger partial charge in [-0.2, -0.15) is 0 Å². The van der Waals surface area contributed by atoms with Crippen LogP contribution in [0, 0.1) is 0 Å². The molecule has 2 rings (SSSR count). The minimum Gasteiger partial charge on any atom is -0.478 e. The van der Waals surface area contributed by atoms with E-state index in [0.717, 1.165) is 17.7 Å². The van der Waals surface area contributed by atoms with E-state index >= 15 is 0 Å². The third-order valence-corrected chi connectivity index (χ3v) is 5.36. The Morgan fingerprint density at radius 3 is 2.95 bits per heavy atom. The van der Waals surface area contributed by atoms with E-state index in [1.54, 1.807) is 24.9 Å². The van der Waals surface area contributed by atoms with E-state index in [4.69, 9.17) is 9.84 Å². The Morgan fingerprint density at radius 1 is 1.47 bits per heavy atom. The van der Waals surface area contributed by atoms with Crippen LogP contribution in [0.4, 0.5) is 0 Å². The summed E-state index contributed by atoms with van der Waals surface area (Å²) < 4.78 is 6.05. The number of aromatic carboxylic acids is 1. The van der Waals surface area contributed by atoms with Gasteiger partial charge in [-0.3, -0.25) is 0 Å². The van der Waals surface area contributed by atoms with Crippen LogP contribution in [0.15, 0.2) is 27.6 Å². The van der Waals surface area contributed by atoms with E-state index in [-0.39, 0.29) is 0 Å². The van der Waals surface area contributed by atoms with E-state index in [0.29, 0.717) is 21.4 Å². The van der Waals surface area contributed by atoms with Gasteiger partial charge in [-0.05, 0) is 59.8 Å². The summed E-state index contributed by atoms with van der Waals surface area (Å²) in [4.78, 5) is 12.1. The second-order valence-corrected chi connectivity index (χ2v) is 6.94. The lowest BCUT2D eigenvalue weighted by molar-refractivity contribution is 0.0695. The number of rotatable bonds is 4. The van der Waals surface area contributed by atoms with E-state index in [1.165, 1.54) is 12.8 Å². The van der Waals surface area contributed by atoms with Crippen LogP contribution in [-0.4, -0.2) is 29.5 Å². The minimum atomic E-state index is -0.896. The molecule has 0 aliphatic heterocycles. The van der Waals surface area contributed by atoms with Gasteiger partial charge < -0.3 is 9.84 Å². The van der Waals surface area contributed by atoms with Gasteiger partial charge in [0.05, 0.1) is 11.7 Å². The lowest BCUT2D eigenvalue weighted by Crippen LogP contribution is -2.23. The first-order chi connectivity index (χ1) is 9.10. The molecular formula is C14H17BrO3S. The van der Waals surface area contributed by atoms with Gasteiger partial charge in [0.15, 0.2) is 0 Å². The zero-order valence-corrected chi connectivity index (χ0v) is 13.2. The SMILES string of the molecule is COC1CCCC(Sc2ccc(Br)c(C(=O)O)c2)C1. The molecule has 19 heavy (non-hydrogen) atoms. The molecule has 104 valence electrons. The standard InChI is InChI=1S/C14H17BrO3S/c1-18-9-3-2-4-10(7-9)19-11-5-6-13(15)12(8-11)14(16)17/h5-6,8-10H,2-4,7H2,1H3,(H,16,17). The van der Waals surface area contributed by atoms with E-state index in [2.05, 4.69) is 15.9 Å². The van der Waals surface area contributed by atoms with Crippen molar-refractivity contribution in [3.63, 3.8) is 0 Å². The summed E-state index contributed by atoms with van der Waals surface area (Å²) in [7, 11) is 1.76. The molecule has 0 radical (unpaired) electrons. The fourth-order valence-electron chi connectivity index (χ4n) is 2.36. The third kappa shape index (κ3) is 3.97. The Morgan fingerprint density at radius 2 is 2.26 bits per heavy atom. The van der Waals surface area contributed by atoms with Gasteiger partial charge in [-0.15, -0.1) is 11.8 Å². The van der Waals surface area contributed by atoms with E-state index in [1.807, 2.05) is 12.1 Å². The average Bonchev–Trinajstić information content (AvgIpc) is 2.41. The number of ether oxygens (including phenoxy) is 1. The number of hydrogen-bond donors (Lipinski definition) is 1. The quantitative estimate of drug-likeness (QED) is 0.889. The summed E-state index contributed by atoms with van der Waals surface area (Å²) in [5.74, 6) is -0.896. The molecule has 1 fully saturated rings. The normalized spacial score (nSPS) is 23.3. The predicted molar refractivity (Wildman–Crippen MR) is 80.0 cm³/mol. The molecule has 1 aromatic rings. The average molecular weight is 345 g/mol. The maximum atomic E-state index is 11.1. The molecule has 1 aliphatic carbocycles. The lowest BCUT2D eigenvalue weighted by Gasteiger charge is -2.27. The van der Waals surface area contributed by atoms with Gasteiger partial charge >= 0.3 is 5.97 Å².